The van der Waals surface area contributed by atoms with Crippen LogP contribution in [-0.4, -0.2) is 36.9 Å². The lowest BCUT2D eigenvalue weighted by atomic mass is 9.87. The number of halogens is 1. The number of carbonyl (C=O) groups is 1. The van der Waals surface area contributed by atoms with Crippen LogP contribution < -0.4 is 0 Å². The van der Waals surface area contributed by atoms with Gasteiger partial charge in [0.05, 0.1) is 3.79 Å². The summed E-state index contributed by atoms with van der Waals surface area (Å²) in [7, 11) is -3.62. The van der Waals surface area contributed by atoms with Crippen LogP contribution in [0.1, 0.15) is 36.4 Å². The van der Waals surface area contributed by atoms with E-state index < -0.39 is 16.0 Å². The van der Waals surface area contributed by atoms with Gasteiger partial charge in [-0.1, -0.05) is 13.8 Å². The third-order valence-corrected chi connectivity index (χ3v) is 8.06. The van der Waals surface area contributed by atoms with Crippen molar-refractivity contribution in [3.05, 3.63) is 14.7 Å². The summed E-state index contributed by atoms with van der Waals surface area (Å²) in [6.07, 6.45) is 1.70. The third-order valence-electron chi connectivity index (χ3n) is 3.93. The molecule has 0 aliphatic carbocycles. The Kier molecular flexibility index (Phi) is 5.12. The number of hydrogen-bond donors (Lipinski definition) is 1. The van der Waals surface area contributed by atoms with Gasteiger partial charge in [-0.05, 0) is 46.7 Å². The average Bonchev–Trinajstić information content (AvgIpc) is 2.82. The maximum Gasteiger partial charge on any atom is 0.345 e. The molecular formula is C13H18BrNO4S2. The summed E-state index contributed by atoms with van der Waals surface area (Å²) >= 11 is 4.10. The van der Waals surface area contributed by atoms with Crippen LogP contribution in [0, 0.1) is 11.8 Å². The van der Waals surface area contributed by atoms with Gasteiger partial charge in [0.2, 0.25) is 10.0 Å². The summed E-state index contributed by atoms with van der Waals surface area (Å²) in [6, 6.07) is 1.24. The molecule has 1 saturated heterocycles. The highest BCUT2D eigenvalue weighted by Gasteiger charge is 2.33. The summed E-state index contributed by atoms with van der Waals surface area (Å²) < 4.78 is 27.1. The molecule has 8 heteroatoms. The quantitative estimate of drug-likeness (QED) is 0.848. The SMILES string of the molecule is CC(C)C1CCN(S(=O)(=O)c2cc(C(=O)O)sc2Br)CC1. The highest BCUT2D eigenvalue weighted by Crippen LogP contribution is 2.35. The molecule has 5 nitrogen and oxygen atoms in total. The van der Waals surface area contributed by atoms with Gasteiger partial charge in [0.15, 0.2) is 0 Å². The van der Waals surface area contributed by atoms with Crippen LogP contribution in [0.5, 0.6) is 0 Å². The zero-order chi connectivity index (χ0) is 15.8. The van der Waals surface area contributed by atoms with Crippen molar-refractivity contribution >= 4 is 43.3 Å². The Morgan fingerprint density at radius 3 is 2.43 bits per heavy atom. The molecule has 1 N–H and O–H groups in total. The lowest BCUT2D eigenvalue weighted by Crippen LogP contribution is -2.39. The summed E-state index contributed by atoms with van der Waals surface area (Å²) in [5.41, 5.74) is 0. The molecule has 1 fully saturated rings. The van der Waals surface area contributed by atoms with E-state index in [0.717, 1.165) is 24.2 Å². The third kappa shape index (κ3) is 3.49. The average molecular weight is 396 g/mol. The number of carboxylic acids is 1. The van der Waals surface area contributed by atoms with Gasteiger partial charge >= 0.3 is 5.97 Å². The molecule has 0 radical (unpaired) electrons. The van der Waals surface area contributed by atoms with Crippen LogP contribution in [0.3, 0.4) is 0 Å². The van der Waals surface area contributed by atoms with Crippen molar-refractivity contribution in [3.8, 4) is 0 Å². The summed E-state index contributed by atoms with van der Waals surface area (Å²) in [4.78, 5) is 11.1. The molecule has 0 bridgehead atoms. The van der Waals surface area contributed by atoms with Gasteiger partial charge in [0.25, 0.3) is 0 Å². The minimum atomic E-state index is -3.62. The number of piperidine rings is 1. The normalized spacial score (nSPS) is 18.3. The summed E-state index contributed by atoms with van der Waals surface area (Å²) in [5.74, 6) is -0.000960. The Balaban J connectivity index is 2.21. The van der Waals surface area contributed by atoms with E-state index >= 15 is 0 Å². The molecule has 2 heterocycles. The molecule has 0 aromatic carbocycles. The molecule has 0 amide bonds. The van der Waals surface area contributed by atoms with Crippen molar-refractivity contribution in [1.82, 2.24) is 4.31 Å². The van der Waals surface area contributed by atoms with Gasteiger partial charge in [-0.15, -0.1) is 11.3 Å². The largest absolute Gasteiger partial charge is 0.477 e. The van der Waals surface area contributed by atoms with E-state index in [1.807, 2.05) is 0 Å². The molecule has 0 atom stereocenters. The molecule has 1 aliphatic heterocycles. The Hall–Kier alpha value is -0.440. The van der Waals surface area contributed by atoms with Gasteiger partial charge in [0.1, 0.15) is 9.77 Å². The Morgan fingerprint density at radius 1 is 1.43 bits per heavy atom. The highest BCUT2D eigenvalue weighted by atomic mass is 79.9. The zero-order valence-corrected chi connectivity index (χ0v) is 15.1. The lowest BCUT2D eigenvalue weighted by molar-refractivity contribution is 0.0702. The van der Waals surface area contributed by atoms with Gasteiger partial charge in [0, 0.05) is 13.1 Å². The maximum atomic E-state index is 12.6. The number of aromatic carboxylic acids is 1. The Labute approximate surface area is 137 Å². The van der Waals surface area contributed by atoms with Crippen molar-refractivity contribution in [2.45, 2.75) is 31.6 Å². The topological polar surface area (TPSA) is 74.7 Å². The van der Waals surface area contributed by atoms with E-state index in [4.69, 9.17) is 5.11 Å². The van der Waals surface area contributed by atoms with Crippen molar-refractivity contribution in [2.24, 2.45) is 11.8 Å². The second-order valence-electron chi connectivity index (χ2n) is 5.54. The second-order valence-corrected chi connectivity index (χ2v) is 9.82. The molecule has 21 heavy (non-hydrogen) atoms. The van der Waals surface area contributed by atoms with Crippen LogP contribution >= 0.6 is 27.3 Å². The fraction of sp³-hybridized carbons (Fsp3) is 0.615. The molecule has 0 unspecified atom stereocenters. The van der Waals surface area contributed by atoms with Gasteiger partial charge in [-0.3, -0.25) is 0 Å². The molecule has 1 aromatic heterocycles. The number of nitrogens with zero attached hydrogens (tertiary/aromatic N) is 1. The molecule has 1 aliphatic rings. The first-order chi connectivity index (χ1) is 9.73. The highest BCUT2D eigenvalue weighted by molar-refractivity contribution is 9.11. The molecular weight excluding hydrogens is 378 g/mol. The Morgan fingerprint density at radius 2 is 2.00 bits per heavy atom. The first kappa shape index (κ1) is 16.9. The van der Waals surface area contributed by atoms with Gasteiger partial charge < -0.3 is 5.11 Å². The molecule has 2 rings (SSSR count). The van der Waals surface area contributed by atoms with Crippen molar-refractivity contribution in [2.75, 3.05) is 13.1 Å². The number of thiophene rings is 1. The zero-order valence-electron chi connectivity index (χ0n) is 11.9. The van der Waals surface area contributed by atoms with Crippen LogP contribution in [0.25, 0.3) is 0 Å². The van der Waals surface area contributed by atoms with Crippen molar-refractivity contribution in [3.63, 3.8) is 0 Å². The Bertz CT molecular complexity index is 631. The van der Waals surface area contributed by atoms with Gasteiger partial charge in [-0.2, -0.15) is 4.31 Å². The van der Waals surface area contributed by atoms with Crippen LogP contribution in [0.15, 0.2) is 14.7 Å². The van der Waals surface area contributed by atoms with E-state index in [0.29, 0.717) is 28.7 Å². The fourth-order valence-electron chi connectivity index (χ4n) is 2.56. The van der Waals surface area contributed by atoms with Crippen LogP contribution in [0.4, 0.5) is 0 Å². The minimum absolute atomic E-state index is 0.0255. The van der Waals surface area contributed by atoms with E-state index in [2.05, 4.69) is 29.8 Å². The first-order valence-electron chi connectivity index (χ1n) is 6.76. The smallest absolute Gasteiger partial charge is 0.345 e. The molecule has 0 spiro atoms. The second kappa shape index (κ2) is 6.36. The lowest BCUT2D eigenvalue weighted by Gasteiger charge is -2.32. The molecule has 1 aromatic rings. The number of hydrogen-bond acceptors (Lipinski definition) is 4. The van der Waals surface area contributed by atoms with E-state index in [1.54, 1.807) is 0 Å². The maximum absolute atomic E-state index is 12.6. The van der Waals surface area contributed by atoms with Crippen LogP contribution in [-0.2, 0) is 10.0 Å². The standard InChI is InChI=1S/C13H18BrNO4S2/c1-8(2)9-3-5-15(6-4-9)21(18,19)11-7-10(13(16)17)20-12(11)14/h7-9H,3-6H2,1-2H3,(H,16,17). The van der Waals surface area contributed by atoms with Crippen molar-refractivity contribution in [1.29, 1.82) is 0 Å². The number of sulfonamides is 1. The number of carboxylic acid groups (broad SMARTS) is 1. The molecule has 118 valence electrons. The predicted molar refractivity (Wildman–Crippen MR) is 85.3 cm³/mol. The summed E-state index contributed by atoms with van der Waals surface area (Å²) in [5, 5.41) is 8.98. The van der Waals surface area contributed by atoms with E-state index in [-0.39, 0.29) is 9.77 Å². The minimum Gasteiger partial charge on any atom is -0.477 e. The fourth-order valence-corrected chi connectivity index (χ4v) is 6.38. The first-order valence-corrected chi connectivity index (χ1v) is 9.81. The summed E-state index contributed by atoms with van der Waals surface area (Å²) in [6.45, 7) is 5.30. The van der Waals surface area contributed by atoms with Crippen LogP contribution in [0.2, 0.25) is 0 Å². The number of rotatable bonds is 4. The monoisotopic (exact) mass is 395 g/mol. The van der Waals surface area contributed by atoms with Crippen molar-refractivity contribution < 1.29 is 18.3 Å². The van der Waals surface area contributed by atoms with Gasteiger partial charge in [-0.25, -0.2) is 13.2 Å². The van der Waals surface area contributed by atoms with E-state index in [1.165, 1.54) is 10.4 Å². The predicted octanol–water partition coefficient (Wildman–Crippen LogP) is 3.27. The molecule has 0 saturated carbocycles. The van der Waals surface area contributed by atoms with E-state index in [9.17, 15) is 13.2 Å².